The van der Waals surface area contributed by atoms with Gasteiger partial charge in [-0.1, -0.05) is 39.0 Å². The number of fused-ring (bicyclic) bond motifs is 1. The predicted octanol–water partition coefficient (Wildman–Crippen LogP) is 3.34. The van der Waals surface area contributed by atoms with Crippen LogP contribution in [-0.2, 0) is 21.2 Å². The second-order valence-corrected chi connectivity index (χ2v) is 15.5. The maximum absolute atomic E-state index is 12.7. The molecule has 0 bridgehead atoms. The minimum atomic E-state index is -3.56. The topological polar surface area (TPSA) is 84.5 Å². The van der Waals surface area contributed by atoms with Crippen LogP contribution in [0.2, 0.25) is 0 Å². The molecule has 2 N–H and O–H groups in total. The zero-order chi connectivity index (χ0) is 28.0. The number of alkyl halides is 1. The Hall–Kier alpha value is -2.43. The molecule has 0 fully saturated rings. The van der Waals surface area contributed by atoms with Crippen LogP contribution in [-0.4, -0.2) is 25.5 Å². The van der Waals surface area contributed by atoms with Crippen LogP contribution < -0.4 is 36.0 Å². The number of ether oxygens (including phenoxy) is 1. The molecule has 1 amide bonds. The summed E-state index contributed by atoms with van der Waals surface area (Å²) in [6.07, 6.45) is 3.92. The molecule has 3 aromatic carbocycles. The van der Waals surface area contributed by atoms with Crippen LogP contribution in [0.5, 0.6) is 5.75 Å². The van der Waals surface area contributed by atoms with Crippen molar-refractivity contribution in [3.8, 4) is 16.9 Å². The quantitative estimate of drug-likeness (QED) is 0.188. The molecule has 0 saturated heterocycles. The SMILES string of the molecule is Cc1ccc(NC(=O)CCCCc2ccc3c(c2)OC[I-]3)cc1-c1ccc(S(=O)(=O)NCCC(C)(C)C)cc1. The van der Waals surface area contributed by atoms with E-state index in [-0.39, 0.29) is 37.4 Å². The van der Waals surface area contributed by atoms with E-state index in [4.69, 9.17) is 4.74 Å². The molecule has 8 heteroatoms. The van der Waals surface area contributed by atoms with E-state index in [9.17, 15) is 13.2 Å². The van der Waals surface area contributed by atoms with Gasteiger partial charge in [0.1, 0.15) is 0 Å². The number of aryl methyl sites for hydroxylation is 2. The first kappa shape index (κ1) is 29.6. The van der Waals surface area contributed by atoms with Gasteiger partial charge in [0.05, 0.1) is 4.90 Å². The van der Waals surface area contributed by atoms with Crippen molar-refractivity contribution in [3.05, 3.63) is 75.4 Å². The van der Waals surface area contributed by atoms with Crippen LogP contribution in [0, 0.1) is 15.9 Å². The van der Waals surface area contributed by atoms with E-state index < -0.39 is 10.0 Å². The number of sulfonamides is 1. The molecule has 0 aliphatic carbocycles. The van der Waals surface area contributed by atoms with Crippen LogP contribution in [0.15, 0.2) is 65.6 Å². The third-order valence-corrected chi connectivity index (χ3v) is 10.5. The van der Waals surface area contributed by atoms with Crippen molar-refractivity contribution < 1.29 is 39.2 Å². The zero-order valence-electron chi connectivity index (χ0n) is 23.1. The standard InChI is InChI=1S/C31H38IN2O4S/c1-22-9-13-25(34-30(35)8-6-5-7-23-10-16-28-29(19-23)38-21-32-28)20-27(22)24-11-14-26(15-12-24)39(36,37)33-18-17-31(2,3)4/h9-16,19-20,33H,5-8,17-18,21H2,1-4H3,(H,34,35)/q-1. The summed E-state index contributed by atoms with van der Waals surface area (Å²) in [7, 11) is -3.56. The molecule has 1 heterocycles. The molecule has 0 atom stereocenters. The van der Waals surface area contributed by atoms with Gasteiger partial charge in [0.25, 0.3) is 0 Å². The van der Waals surface area contributed by atoms with Gasteiger partial charge in [0.2, 0.25) is 10.0 Å². The van der Waals surface area contributed by atoms with Gasteiger partial charge in [-0.2, -0.15) is 0 Å². The number of hydrogen-bond acceptors (Lipinski definition) is 4. The smallest absolute Gasteiger partial charge is 0.211 e. The number of halogens is 1. The monoisotopic (exact) mass is 661 g/mol. The molecule has 0 unspecified atom stereocenters. The fourth-order valence-electron chi connectivity index (χ4n) is 4.38. The molecule has 0 radical (unpaired) electrons. The van der Waals surface area contributed by atoms with E-state index in [1.807, 2.05) is 37.3 Å². The summed E-state index contributed by atoms with van der Waals surface area (Å²) in [6.45, 7) is 8.66. The summed E-state index contributed by atoms with van der Waals surface area (Å²) >= 11 is 0.0250. The second-order valence-electron chi connectivity index (χ2n) is 11.2. The molecule has 0 aromatic heterocycles. The molecule has 0 saturated carbocycles. The fourth-order valence-corrected chi connectivity index (χ4v) is 7.36. The summed E-state index contributed by atoms with van der Waals surface area (Å²) in [5, 5.41) is 3.02. The zero-order valence-corrected chi connectivity index (χ0v) is 26.1. The molecule has 1 aliphatic heterocycles. The average Bonchev–Trinajstić information content (AvgIpc) is 3.35. The maximum atomic E-state index is 12.7. The predicted molar refractivity (Wildman–Crippen MR) is 153 cm³/mol. The molecule has 0 spiro atoms. The Morgan fingerprint density at radius 2 is 1.77 bits per heavy atom. The van der Waals surface area contributed by atoms with Gasteiger partial charge in [-0.25, -0.2) is 13.1 Å². The molecular formula is C31H38IN2O4S-. The van der Waals surface area contributed by atoms with Crippen molar-refractivity contribution in [1.82, 2.24) is 4.72 Å². The second kappa shape index (κ2) is 12.8. The van der Waals surface area contributed by atoms with Gasteiger partial charge in [0, 0.05) is 6.54 Å². The van der Waals surface area contributed by atoms with Crippen molar-refractivity contribution in [2.24, 2.45) is 5.41 Å². The van der Waals surface area contributed by atoms with Crippen LogP contribution in [0.3, 0.4) is 0 Å². The molecule has 1 aliphatic rings. The number of amides is 1. The van der Waals surface area contributed by atoms with Crippen LogP contribution in [0.25, 0.3) is 11.1 Å². The Balaban J connectivity index is 1.30. The van der Waals surface area contributed by atoms with Gasteiger partial charge >= 0.3 is 123 Å². The normalized spacial score (nSPS) is 13.3. The van der Waals surface area contributed by atoms with E-state index in [2.05, 4.69) is 49.0 Å². The van der Waals surface area contributed by atoms with E-state index in [0.717, 1.165) is 58.4 Å². The van der Waals surface area contributed by atoms with Crippen LogP contribution in [0.1, 0.15) is 57.6 Å². The molecule has 6 nitrogen and oxygen atoms in total. The number of benzene rings is 3. The summed E-state index contributed by atoms with van der Waals surface area (Å²) in [4.78, 5) is 12.9. The van der Waals surface area contributed by atoms with E-state index in [0.29, 0.717) is 13.0 Å². The summed E-state index contributed by atoms with van der Waals surface area (Å²) < 4.78 is 36.0. The number of hydrogen-bond donors (Lipinski definition) is 2. The number of unbranched alkanes of at least 4 members (excludes halogenated alkanes) is 1. The van der Waals surface area contributed by atoms with Crippen molar-refractivity contribution in [1.29, 1.82) is 0 Å². The average molecular weight is 662 g/mol. The number of carbonyl (C=O) groups is 1. The first-order valence-corrected chi connectivity index (χ1v) is 17.4. The molecule has 4 rings (SSSR count). The van der Waals surface area contributed by atoms with Crippen molar-refractivity contribution >= 4 is 21.6 Å². The van der Waals surface area contributed by atoms with Crippen molar-refractivity contribution in [2.75, 3.05) is 16.5 Å². The Morgan fingerprint density at radius 1 is 1.00 bits per heavy atom. The molecular weight excluding hydrogens is 623 g/mol. The number of nitrogens with one attached hydrogen (secondary N) is 2. The van der Waals surface area contributed by atoms with Gasteiger partial charge in [-0.15, -0.1) is 0 Å². The van der Waals surface area contributed by atoms with Crippen LogP contribution >= 0.6 is 0 Å². The van der Waals surface area contributed by atoms with Gasteiger partial charge in [0.15, 0.2) is 0 Å². The third-order valence-electron chi connectivity index (χ3n) is 6.69. The Labute approximate surface area is 243 Å². The first-order valence-electron chi connectivity index (χ1n) is 13.4. The molecule has 210 valence electrons. The Kier molecular flexibility index (Phi) is 9.72. The fraction of sp³-hybridized carbons (Fsp3) is 0.387. The number of carbonyl (C=O) groups excluding carboxylic acids is 1. The van der Waals surface area contributed by atoms with Crippen molar-refractivity contribution in [3.63, 3.8) is 0 Å². The van der Waals surface area contributed by atoms with E-state index in [1.54, 1.807) is 12.1 Å². The summed E-state index contributed by atoms with van der Waals surface area (Å²) in [6, 6.07) is 19.3. The Bertz CT molecular complexity index is 1410. The summed E-state index contributed by atoms with van der Waals surface area (Å²) in [5.74, 6) is 1.05. The summed E-state index contributed by atoms with van der Waals surface area (Å²) in [5.41, 5.74) is 4.97. The molecule has 3 aromatic rings. The Morgan fingerprint density at radius 3 is 2.51 bits per heavy atom. The minimum absolute atomic E-state index is 0.00499. The first-order chi connectivity index (χ1) is 18.5. The van der Waals surface area contributed by atoms with Crippen LogP contribution in [0.4, 0.5) is 5.69 Å². The van der Waals surface area contributed by atoms with E-state index >= 15 is 0 Å². The van der Waals surface area contributed by atoms with Gasteiger partial charge in [-0.3, -0.25) is 0 Å². The van der Waals surface area contributed by atoms with Crippen molar-refractivity contribution in [2.45, 2.75) is 64.7 Å². The number of rotatable bonds is 11. The minimum Gasteiger partial charge on any atom is -0.211 e. The number of anilines is 1. The third kappa shape index (κ3) is 8.53. The van der Waals surface area contributed by atoms with Gasteiger partial charge < -0.3 is 0 Å². The molecule has 39 heavy (non-hydrogen) atoms. The van der Waals surface area contributed by atoms with E-state index in [1.165, 1.54) is 9.13 Å². The van der Waals surface area contributed by atoms with Gasteiger partial charge in [-0.05, 0) is 47.6 Å².